The lowest BCUT2D eigenvalue weighted by Gasteiger charge is -2.51. The van der Waals surface area contributed by atoms with E-state index in [1.165, 1.54) is 0 Å². The van der Waals surface area contributed by atoms with Crippen molar-refractivity contribution >= 4 is 29.5 Å². The molecule has 61 heteroatoms. The summed E-state index contributed by atoms with van der Waals surface area (Å²) < 4.78 is 126. The molecule has 5 amide bonds. The van der Waals surface area contributed by atoms with Crippen molar-refractivity contribution in [1.29, 1.82) is 0 Å². The number of nitrogens with one attached hydrogen (secondary N) is 5. The van der Waals surface area contributed by atoms with E-state index in [4.69, 9.17) is 99.5 Å². The van der Waals surface area contributed by atoms with Crippen molar-refractivity contribution in [3.8, 4) is 0 Å². The van der Waals surface area contributed by atoms with Crippen LogP contribution in [0.25, 0.3) is 0 Å². The van der Waals surface area contributed by atoms with Gasteiger partial charge in [0.1, 0.15) is 268 Å². The largest absolute Gasteiger partial charge is 0.394 e. The smallest absolute Gasteiger partial charge is 0.217 e. The van der Waals surface area contributed by atoms with E-state index in [1.54, 1.807) is 0 Å². The van der Waals surface area contributed by atoms with Crippen molar-refractivity contribution in [2.75, 3.05) is 72.7 Å². The number of aliphatic hydroxyl groups excluding tert-OH is 30. The lowest BCUT2D eigenvalue weighted by molar-refractivity contribution is -0.399. The molecule has 0 spiro atoms. The summed E-state index contributed by atoms with van der Waals surface area (Å²) in [6, 6.07) is -9.69. The molecule has 11 saturated heterocycles. The summed E-state index contributed by atoms with van der Waals surface area (Å²) in [5.74, 6) is -4.81. The Morgan fingerprint density at radius 1 is 0.190 bits per heavy atom. The minimum Gasteiger partial charge on any atom is -0.394 e. The first-order valence-electron chi connectivity index (χ1n) is 43.6. The van der Waals surface area contributed by atoms with Gasteiger partial charge >= 0.3 is 0 Å². The molecule has 0 saturated carbocycles. The van der Waals surface area contributed by atoms with Gasteiger partial charge in [-0.2, -0.15) is 0 Å². The van der Waals surface area contributed by atoms with Crippen LogP contribution in [0.1, 0.15) is 34.6 Å². The van der Waals surface area contributed by atoms with Crippen LogP contribution in [0.15, 0.2) is 0 Å². The fraction of sp³-hybridized carbons (Fsp3) is 0.934. The molecule has 11 aliphatic heterocycles. The molecular formula is C76H127N5O56. The van der Waals surface area contributed by atoms with Gasteiger partial charge in [0.15, 0.2) is 69.2 Å². The molecule has 0 aromatic carbocycles. The Hall–Kier alpha value is -4.69. The predicted octanol–water partition coefficient (Wildman–Crippen LogP) is -24.3. The average molecular weight is 2010 g/mol. The highest BCUT2D eigenvalue weighted by molar-refractivity contribution is 5.75. The minimum absolute atomic E-state index is 0.829. The van der Waals surface area contributed by atoms with E-state index in [0.717, 1.165) is 34.6 Å². The Labute approximate surface area is 775 Å². The normalized spacial score (nSPS) is 48.9. The van der Waals surface area contributed by atoms with Crippen LogP contribution in [-0.4, -0.2) is 593 Å². The molecule has 0 aliphatic carbocycles. The fourth-order valence-electron chi connectivity index (χ4n) is 17.7. The van der Waals surface area contributed by atoms with E-state index in [1.807, 2.05) is 0 Å². The summed E-state index contributed by atoms with van der Waals surface area (Å²) in [6.45, 7) is -8.06. The van der Waals surface area contributed by atoms with E-state index in [2.05, 4.69) is 26.6 Å². The van der Waals surface area contributed by atoms with Crippen molar-refractivity contribution in [3.05, 3.63) is 0 Å². The van der Waals surface area contributed by atoms with E-state index in [-0.39, 0.29) is 0 Å². The van der Waals surface area contributed by atoms with Gasteiger partial charge < -0.3 is 279 Å². The van der Waals surface area contributed by atoms with Gasteiger partial charge in [0.25, 0.3) is 0 Å². The number of hydrogen-bond acceptors (Lipinski definition) is 56. The molecule has 11 fully saturated rings. The number of aliphatic hydroxyl groups is 30. The van der Waals surface area contributed by atoms with Gasteiger partial charge in [0, 0.05) is 34.6 Å². The van der Waals surface area contributed by atoms with Crippen LogP contribution < -0.4 is 26.6 Å². The van der Waals surface area contributed by atoms with E-state index < -0.39 is 440 Å². The van der Waals surface area contributed by atoms with Crippen LogP contribution in [0, 0.1) is 0 Å². The molecule has 0 aromatic heterocycles. The molecule has 792 valence electrons. The highest BCUT2D eigenvalue weighted by Gasteiger charge is 2.63. The first kappa shape index (κ1) is 113. The maximum Gasteiger partial charge on any atom is 0.217 e. The van der Waals surface area contributed by atoms with Crippen molar-refractivity contribution in [1.82, 2.24) is 26.6 Å². The van der Waals surface area contributed by atoms with Crippen LogP contribution in [0.4, 0.5) is 0 Å². The van der Waals surface area contributed by atoms with Crippen molar-refractivity contribution in [3.63, 3.8) is 0 Å². The second-order valence-corrected chi connectivity index (χ2v) is 34.6. The van der Waals surface area contributed by atoms with Crippen molar-refractivity contribution in [2.45, 2.75) is 372 Å². The molecule has 0 aromatic rings. The summed E-state index contributed by atoms with van der Waals surface area (Å²) in [5, 5.41) is 349. The highest BCUT2D eigenvalue weighted by atomic mass is 16.8. The maximum absolute atomic E-state index is 13.2. The minimum atomic E-state index is -2.71. The van der Waals surface area contributed by atoms with Crippen LogP contribution in [0.3, 0.4) is 0 Å². The Bertz CT molecular complexity index is 3780. The Morgan fingerprint density at radius 2 is 0.416 bits per heavy atom. The summed E-state index contributed by atoms with van der Waals surface area (Å²) in [7, 11) is 0. The maximum atomic E-state index is 13.2. The second kappa shape index (κ2) is 49.5. The number of amides is 5. The van der Waals surface area contributed by atoms with Gasteiger partial charge in [0.05, 0.1) is 72.7 Å². The molecule has 35 N–H and O–H groups in total. The van der Waals surface area contributed by atoms with E-state index in [0.29, 0.717) is 0 Å². The number of ether oxygens (including phenoxy) is 21. The molecule has 11 rings (SSSR count). The number of carbonyl (C=O) groups is 5. The predicted molar refractivity (Wildman–Crippen MR) is 420 cm³/mol. The summed E-state index contributed by atoms with van der Waals surface area (Å²) >= 11 is 0. The van der Waals surface area contributed by atoms with Gasteiger partial charge in [-0.05, 0) is 0 Å². The molecule has 55 atom stereocenters. The SMILES string of the molecule is CC(=O)N[C@@H]1[C@@H](O)[C@H](O[C@@H]2O[C@H](CO)[C@@H](O[C@@H]3O[C@H](CO[C@H]4O[C@H](CO[C@@H]5O[C@H](CO)[C@@H](O[C@@H]6O[C@H](CO)[C@H](O)[C@H](O)[C@H]6O)[C@H](O)[C@H]5NC(C)=O)[C@@H](O)[C@H](O)[C@@H]4O[C@@H]4O[C@H](CO)[C@@H](O[C@@H]5O[C@H](CO)[C@H](O)[C@H](O)[C@H]5O)[C@H](O)[C@H]4NC(C)=O)[C@@H](O)[C@H](O[C@H]4O[C@H](CO)[C@@H](O)[C@H](O)[C@@H]4O[C@@H]4O[C@H](CO)[C@@H](O)[C@H](O[C@@H]5O[C@H](CO)[C@H](O)[C@H](O)[C@H]5O)[C@H]4NC(C)=O)[C@@H]3O)[C@H](O)[C@H]2NC(C)=O)[C@@H](CO)O[C@H]1O. The number of rotatable bonds is 36. The van der Waals surface area contributed by atoms with Crippen LogP contribution >= 0.6 is 0 Å². The third-order valence-corrected chi connectivity index (χ3v) is 25.0. The van der Waals surface area contributed by atoms with Crippen LogP contribution in [0.5, 0.6) is 0 Å². The van der Waals surface area contributed by atoms with Gasteiger partial charge in [-0.3, -0.25) is 24.0 Å². The Morgan fingerprint density at radius 3 is 0.803 bits per heavy atom. The summed E-state index contributed by atoms with van der Waals surface area (Å²) in [6.07, 6.45) is -108. The molecule has 11 aliphatic rings. The second-order valence-electron chi connectivity index (χ2n) is 34.6. The standard InChI is InChI=1S/C76H127N5O56/c1-17(91)77-33-45(103)58(27(11-87)119-66(33)116)130-68-35(79-19(3)93)47(105)61(30(14-90)126-68)133-74-57(115)63(135-76-65(52(110)41(99)25(9-85)124-76)137-70-37(81-21(5)95)62(43(101)26(10-86)120-70)134-73-56(114)51(109)40(98)24(8-84)123-73)44(102)32(128-74)16-118-75-64(136-69-36(80-20(4)94)48(106)60(29(13-89)127-69)132-72-55(113)50(108)39(97)23(7-83)122-72)53(111)42(100)31(129-75)15-117-67-34(78-18(2)92)46(104)59(28(12-88)125-67)131-71-54(112)49(107)38(96)22(6-82)121-71/h22-76,82-90,96-116H,6-16H2,1-5H3,(H,77,91)(H,78,92)(H,79,93)(H,80,94)(H,81,95)/t22-,23-,24-,25-,26-,27-,28-,29-,30-,31-,32-,33-,34-,35-,36-,37-,38+,39+,40+,41-,42-,43-,44-,45-,46-,47-,48-,49+,50+,51+,52+,53+,54-,55-,56-,57+,58-,59-,60-,61-,62-,63+,64+,65+,66-,67-,68+,69+,70+,71+,72+,73+,74+,75+,76-/m1/s1. The number of hydrogen-bond donors (Lipinski definition) is 35. The van der Waals surface area contributed by atoms with Gasteiger partial charge in [-0.1, -0.05) is 0 Å². The molecule has 137 heavy (non-hydrogen) atoms. The fourth-order valence-corrected chi connectivity index (χ4v) is 17.7. The number of carbonyl (C=O) groups excluding carboxylic acids is 5. The van der Waals surface area contributed by atoms with Crippen molar-refractivity contribution in [2.24, 2.45) is 0 Å². The van der Waals surface area contributed by atoms with Gasteiger partial charge in [-0.15, -0.1) is 0 Å². The van der Waals surface area contributed by atoms with Crippen LogP contribution in [-0.2, 0) is 123 Å². The first-order valence-corrected chi connectivity index (χ1v) is 43.6. The zero-order valence-electron chi connectivity index (χ0n) is 73.6. The van der Waals surface area contributed by atoms with Gasteiger partial charge in [-0.25, -0.2) is 0 Å². The molecule has 0 radical (unpaired) electrons. The van der Waals surface area contributed by atoms with E-state index >= 15 is 0 Å². The molecular weight excluding hydrogens is 1880 g/mol. The van der Waals surface area contributed by atoms with Gasteiger partial charge in [0.2, 0.25) is 29.5 Å². The topological polar surface area (TPSA) is 946 Å². The first-order chi connectivity index (χ1) is 64.8. The molecule has 11 heterocycles. The quantitative estimate of drug-likeness (QED) is 0.0277. The van der Waals surface area contributed by atoms with Crippen molar-refractivity contribution < 1.29 is 277 Å². The Balaban J connectivity index is 0.973. The third-order valence-electron chi connectivity index (χ3n) is 25.0. The lowest BCUT2D eigenvalue weighted by Crippen LogP contribution is -2.71. The van der Waals surface area contributed by atoms with E-state index in [9.17, 15) is 177 Å². The highest BCUT2D eigenvalue weighted by Crippen LogP contribution is 2.42. The monoisotopic (exact) mass is 2010 g/mol. The third kappa shape index (κ3) is 25.2. The molecule has 61 nitrogen and oxygen atoms in total. The lowest BCUT2D eigenvalue weighted by atomic mass is 9.93. The zero-order chi connectivity index (χ0) is 101. The molecule has 0 unspecified atom stereocenters. The average Bonchev–Trinajstić information content (AvgIpc) is 0.896. The summed E-state index contributed by atoms with van der Waals surface area (Å²) in [5.41, 5.74) is 0. The zero-order valence-corrected chi connectivity index (χ0v) is 73.6. The Kier molecular flexibility index (Phi) is 40.7. The van der Waals surface area contributed by atoms with Crippen LogP contribution in [0.2, 0.25) is 0 Å². The molecule has 0 bridgehead atoms. The summed E-state index contributed by atoms with van der Waals surface area (Å²) in [4.78, 5) is 65.0.